The number of hydrogen-bond donors (Lipinski definition) is 4. The monoisotopic (exact) mass is 222 g/mol. The maximum Gasteiger partial charge on any atom is 0.102 e. The molecule has 0 aromatic carbocycles. The molecule has 0 aromatic heterocycles. The molecule has 0 radical (unpaired) electrons. The van der Waals surface area contributed by atoms with Crippen molar-refractivity contribution in [1.82, 2.24) is 0 Å². The fraction of sp³-hybridized carbons (Fsp3) is 0.800. The molecule has 6 atom stereocenters. The molecule has 2 aliphatic heterocycles. The van der Waals surface area contributed by atoms with Gasteiger partial charge in [0.2, 0.25) is 0 Å². The van der Waals surface area contributed by atoms with Crippen LogP contribution < -0.4 is 22.9 Å². The standard InChI is InChI=1S/C10H18N6/c11-7-3-1-4-6(10(14)16-8(4)12)2-5(3)9(13)15-7/h3-8H,1-2,11-12H2,(H2,13,15)(H2,14,16). The van der Waals surface area contributed by atoms with E-state index in [2.05, 4.69) is 9.98 Å². The largest absolute Gasteiger partial charge is 0.387 e. The van der Waals surface area contributed by atoms with Gasteiger partial charge in [0.25, 0.3) is 0 Å². The first-order valence-electron chi connectivity index (χ1n) is 5.75. The quantitative estimate of drug-likeness (QED) is 0.400. The Kier molecular flexibility index (Phi) is 1.99. The Morgan fingerprint density at radius 3 is 1.69 bits per heavy atom. The molecule has 6 nitrogen and oxygen atoms in total. The second-order valence-corrected chi connectivity index (χ2v) is 5.10. The van der Waals surface area contributed by atoms with Gasteiger partial charge in [-0.05, 0) is 12.8 Å². The minimum Gasteiger partial charge on any atom is -0.387 e. The van der Waals surface area contributed by atoms with Crippen molar-refractivity contribution < 1.29 is 0 Å². The van der Waals surface area contributed by atoms with E-state index in [0.717, 1.165) is 12.8 Å². The van der Waals surface area contributed by atoms with Gasteiger partial charge in [0.05, 0.1) is 11.7 Å². The van der Waals surface area contributed by atoms with Crippen LogP contribution in [0.25, 0.3) is 0 Å². The Morgan fingerprint density at radius 2 is 1.25 bits per heavy atom. The first-order valence-corrected chi connectivity index (χ1v) is 5.75. The molecule has 6 unspecified atom stereocenters. The summed E-state index contributed by atoms with van der Waals surface area (Å²) < 4.78 is 0. The first kappa shape index (κ1) is 10.0. The maximum absolute atomic E-state index is 5.97. The van der Waals surface area contributed by atoms with Gasteiger partial charge in [-0.2, -0.15) is 0 Å². The van der Waals surface area contributed by atoms with Gasteiger partial charge < -0.3 is 22.9 Å². The van der Waals surface area contributed by atoms with Crippen molar-refractivity contribution in [2.45, 2.75) is 25.2 Å². The van der Waals surface area contributed by atoms with E-state index in [4.69, 9.17) is 22.9 Å². The zero-order valence-corrected chi connectivity index (χ0v) is 9.08. The van der Waals surface area contributed by atoms with E-state index in [9.17, 15) is 0 Å². The SMILES string of the molecule is NC1=NC(N)C2CC3C(N)N=C(N)C3CC12. The van der Waals surface area contributed by atoms with Crippen molar-refractivity contribution in [2.75, 3.05) is 0 Å². The van der Waals surface area contributed by atoms with E-state index in [0.29, 0.717) is 23.5 Å². The molecule has 0 amide bonds. The lowest BCUT2D eigenvalue weighted by Gasteiger charge is -2.36. The topological polar surface area (TPSA) is 129 Å². The molecule has 0 aromatic rings. The minimum atomic E-state index is -0.167. The Hall–Kier alpha value is -1.14. The first-order chi connectivity index (χ1) is 7.58. The normalized spacial score (nSPS) is 50.6. The molecule has 0 bridgehead atoms. The lowest BCUT2D eigenvalue weighted by atomic mass is 9.68. The van der Waals surface area contributed by atoms with Crippen LogP contribution in [0.2, 0.25) is 0 Å². The van der Waals surface area contributed by atoms with Crippen molar-refractivity contribution in [3.8, 4) is 0 Å². The Morgan fingerprint density at radius 1 is 0.812 bits per heavy atom. The molecule has 0 spiro atoms. The molecule has 1 aliphatic carbocycles. The number of rotatable bonds is 0. The number of nitrogens with zero attached hydrogens (tertiary/aromatic N) is 2. The number of hydrogen-bond acceptors (Lipinski definition) is 6. The van der Waals surface area contributed by atoms with Gasteiger partial charge >= 0.3 is 0 Å². The van der Waals surface area contributed by atoms with Crippen molar-refractivity contribution in [3.05, 3.63) is 0 Å². The third-order valence-electron chi connectivity index (χ3n) is 4.32. The van der Waals surface area contributed by atoms with E-state index in [1.807, 2.05) is 0 Å². The zero-order chi connectivity index (χ0) is 11.4. The van der Waals surface area contributed by atoms with E-state index in [1.54, 1.807) is 0 Å². The van der Waals surface area contributed by atoms with Crippen LogP contribution >= 0.6 is 0 Å². The molecule has 6 heteroatoms. The minimum absolute atomic E-state index is 0.167. The summed E-state index contributed by atoms with van der Waals surface area (Å²) in [5.74, 6) is 2.57. The van der Waals surface area contributed by atoms with Crippen LogP contribution in [0, 0.1) is 23.7 Å². The number of aliphatic imine (C=N–C) groups is 2. The van der Waals surface area contributed by atoms with E-state index in [1.165, 1.54) is 0 Å². The second-order valence-electron chi connectivity index (χ2n) is 5.10. The maximum atomic E-state index is 5.97. The molecular weight excluding hydrogens is 204 g/mol. The highest BCUT2D eigenvalue weighted by Gasteiger charge is 2.49. The van der Waals surface area contributed by atoms with Crippen LogP contribution in [-0.2, 0) is 0 Å². The average Bonchev–Trinajstić information content (AvgIpc) is 2.67. The fourth-order valence-corrected chi connectivity index (χ4v) is 3.43. The molecule has 88 valence electrons. The van der Waals surface area contributed by atoms with E-state index < -0.39 is 0 Å². The lowest BCUT2D eigenvalue weighted by Crippen LogP contribution is -2.45. The van der Waals surface area contributed by atoms with Gasteiger partial charge in [0, 0.05) is 23.7 Å². The lowest BCUT2D eigenvalue weighted by molar-refractivity contribution is 0.173. The highest BCUT2D eigenvalue weighted by Crippen LogP contribution is 2.45. The van der Waals surface area contributed by atoms with E-state index >= 15 is 0 Å². The summed E-state index contributed by atoms with van der Waals surface area (Å²) >= 11 is 0. The van der Waals surface area contributed by atoms with Crippen LogP contribution in [0.15, 0.2) is 9.98 Å². The summed E-state index contributed by atoms with van der Waals surface area (Å²) in [6.07, 6.45) is 1.51. The Bertz CT molecular complexity index is 342. The zero-order valence-electron chi connectivity index (χ0n) is 9.08. The summed E-state index contributed by atoms with van der Waals surface area (Å²) in [5.41, 5.74) is 23.7. The van der Waals surface area contributed by atoms with Crippen LogP contribution in [0.5, 0.6) is 0 Å². The number of fused-ring (bicyclic) bond motifs is 2. The number of nitrogens with two attached hydrogens (primary N) is 4. The van der Waals surface area contributed by atoms with Crippen molar-refractivity contribution >= 4 is 11.7 Å². The Labute approximate surface area is 94.2 Å². The number of amidine groups is 2. The summed E-state index contributed by atoms with van der Waals surface area (Å²) in [4.78, 5) is 8.52. The van der Waals surface area contributed by atoms with Crippen molar-refractivity contribution in [1.29, 1.82) is 0 Å². The van der Waals surface area contributed by atoms with Gasteiger partial charge in [-0.25, -0.2) is 0 Å². The predicted molar refractivity (Wildman–Crippen MR) is 62.4 cm³/mol. The smallest absolute Gasteiger partial charge is 0.102 e. The van der Waals surface area contributed by atoms with Gasteiger partial charge in [0.15, 0.2) is 0 Å². The molecule has 2 heterocycles. The summed E-state index contributed by atoms with van der Waals surface area (Å²) in [5, 5.41) is 0. The van der Waals surface area contributed by atoms with Crippen LogP contribution in [-0.4, -0.2) is 24.0 Å². The highest BCUT2D eigenvalue weighted by molar-refractivity contribution is 5.89. The molecule has 3 aliphatic rings. The summed E-state index contributed by atoms with van der Waals surface area (Å²) in [6, 6.07) is 0. The van der Waals surface area contributed by atoms with Crippen LogP contribution in [0.1, 0.15) is 12.8 Å². The fourth-order valence-electron chi connectivity index (χ4n) is 3.43. The second kappa shape index (κ2) is 3.18. The van der Waals surface area contributed by atoms with Gasteiger partial charge in [-0.3, -0.25) is 9.98 Å². The molecule has 1 fully saturated rings. The highest BCUT2D eigenvalue weighted by atomic mass is 15.1. The summed E-state index contributed by atoms with van der Waals surface area (Å²) in [6.45, 7) is 0. The predicted octanol–water partition coefficient (Wildman–Crippen LogP) is -1.44. The average molecular weight is 222 g/mol. The van der Waals surface area contributed by atoms with E-state index in [-0.39, 0.29) is 24.2 Å². The molecule has 16 heavy (non-hydrogen) atoms. The van der Waals surface area contributed by atoms with Gasteiger partial charge in [-0.15, -0.1) is 0 Å². The Balaban J connectivity index is 1.86. The molecule has 1 saturated carbocycles. The molecule has 3 rings (SSSR count). The molecule has 8 N–H and O–H groups in total. The van der Waals surface area contributed by atoms with Crippen molar-refractivity contribution in [2.24, 2.45) is 56.6 Å². The molecular formula is C10H18N6. The molecule has 0 saturated heterocycles. The third-order valence-corrected chi connectivity index (χ3v) is 4.32. The van der Waals surface area contributed by atoms with Crippen LogP contribution in [0.4, 0.5) is 0 Å². The summed E-state index contributed by atoms with van der Waals surface area (Å²) in [7, 11) is 0. The van der Waals surface area contributed by atoms with Gasteiger partial charge in [-0.1, -0.05) is 0 Å². The third kappa shape index (κ3) is 1.20. The van der Waals surface area contributed by atoms with Crippen molar-refractivity contribution in [3.63, 3.8) is 0 Å². The van der Waals surface area contributed by atoms with Crippen LogP contribution in [0.3, 0.4) is 0 Å². The van der Waals surface area contributed by atoms with Gasteiger partial charge in [0.1, 0.15) is 12.3 Å².